The fourth-order valence-electron chi connectivity index (χ4n) is 2.33. The molecular weight excluding hydrogens is 224 g/mol. The van der Waals surface area contributed by atoms with Crippen molar-refractivity contribution < 1.29 is 4.74 Å². The van der Waals surface area contributed by atoms with Crippen LogP contribution in [0.25, 0.3) is 0 Å². The van der Waals surface area contributed by atoms with Crippen LogP contribution >= 0.6 is 0 Å². The monoisotopic (exact) mass is 244 g/mol. The maximum Gasteiger partial charge on any atom is 0.174 e. The topological polar surface area (TPSA) is 45.0 Å². The van der Waals surface area contributed by atoms with Crippen LogP contribution in [0.15, 0.2) is 24.3 Å². The molecule has 0 unspecified atom stereocenters. The largest absolute Gasteiger partial charge is 0.479 e. The molecule has 1 aliphatic carbocycles. The number of nitriles is 1. The molecule has 1 aromatic carbocycles. The predicted octanol–water partition coefficient (Wildman–Crippen LogP) is 2.87. The summed E-state index contributed by atoms with van der Waals surface area (Å²) >= 11 is 0. The molecule has 3 nitrogen and oxygen atoms in total. The smallest absolute Gasteiger partial charge is 0.174 e. The van der Waals surface area contributed by atoms with E-state index in [0.717, 1.165) is 18.8 Å². The summed E-state index contributed by atoms with van der Waals surface area (Å²) < 4.78 is 5.29. The fraction of sp³-hybridized carbons (Fsp3) is 0.533. The molecule has 2 rings (SSSR count). The van der Waals surface area contributed by atoms with E-state index >= 15 is 0 Å². The SMILES string of the molecule is CC1(CNCc2cccc(OCC#N)c2)CCC1. The molecule has 0 atom stereocenters. The summed E-state index contributed by atoms with van der Waals surface area (Å²) in [6.45, 7) is 4.39. The Morgan fingerprint density at radius 3 is 2.94 bits per heavy atom. The zero-order valence-corrected chi connectivity index (χ0v) is 10.9. The van der Waals surface area contributed by atoms with Gasteiger partial charge in [-0.2, -0.15) is 5.26 Å². The van der Waals surface area contributed by atoms with E-state index < -0.39 is 0 Å². The lowest BCUT2D eigenvalue weighted by Crippen LogP contribution is -2.36. The standard InChI is InChI=1S/C15H20N2O/c1-15(6-3-7-15)12-17-11-13-4-2-5-14(10-13)18-9-8-16/h2,4-5,10,17H,3,6-7,9,11-12H2,1H3. The van der Waals surface area contributed by atoms with Crippen LogP contribution < -0.4 is 10.1 Å². The maximum absolute atomic E-state index is 8.47. The van der Waals surface area contributed by atoms with Gasteiger partial charge in [0.1, 0.15) is 11.8 Å². The average molecular weight is 244 g/mol. The highest BCUT2D eigenvalue weighted by Gasteiger charge is 2.30. The molecule has 0 saturated heterocycles. The van der Waals surface area contributed by atoms with Crippen LogP contribution in [0.3, 0.4) is 0 Å². The third kappa shape index (κ3) is 3.48. The molecule has 1 fully saturated rings. The average Bonchev–Trinajstić information content (AvgIpc) is 2.35. The molecular formula is C15H20N2O. The number of nitrogens with zero attached hydrogens (tertiary/aromatic N) is 1. The minimum absolute atomic E-state index is 0.106. The van der Waals surface area contributed by atoms with E-state index in [4.69, 9.17) is 10.00 Å². The van der Waals surface area contributed by atoms with Gasteiger partial charge in [0.15, 0.2) is 6.61 Å². The Bertz CT molecular complexity index is 432. The molecule has 96 valence electrons. The molecule has 3 heteroatoms. The van der Waals surface area contributed by atoms with E-state index in [1.807, 2.05) is 24.3 Å². The number of nitrogens with one attached hydrogen (secondary N) is 1. The molecule has 0 bridgehead atoms. The van der Waals surface area contributed by atoms with Crippen molar-refractivity contribution in [2.75, 3.05) is 13.2 Å². The summed E-state index contributed by atoms with van der Waals surface area (Å²) in [7, 11) is 0. The summed E-state index contributed by atoms with van der Waals surface area (Å²) in [6, 6.07) is 9.90. The van der Waals surface area contributed by atoms with E-state index in [1.165, 1.54) is 24.8 Å². The quantitative estimate of drug-likeness (QED) is 0.837. The van der Waals surface area contributed by atoms with Crippen molar-refractivity contribution in [3.8, 4) is 11.8 Å². The second-order valence-corrected chi connectivity index (χ2v) is 5.36. The number of hydrogen-bond donors (Lipinski definition) is 1. The Morgan fingerprint density at radius 2 is 2.28 bits per heavy atom. The van der Waals surface area contributed by atoms with Gasteiger partial charge < -0.3 is 10.1 Å². The first-order valence-electron chi connectivity index (χ1n) is 6.51. The molecule has 1 aliphatic rings. The molecule has 18 heavy (non-hydrogen) atoms. The number of benzene rings is 1. The lowest BCUT2D eigenvalue weighted by molar-refractivity contribution is 0.156. The maximum atomic E-state index is 8.47. The van der Waals surface area contributed by atoms with E-state index in [1.54, 1.807) is 0 Å². The Labute approximate surface area is 109 Å². The molecule has 1 aromatic rings. The van der Waals surface area contributed by atoms with Crippen LogP contribution in [0.2, 0.25) is 0 Å². The lowest BCUT2D eigenvalue weighted by Gasteiger charge is -2.38. The minimum Gasteiger partial charge on any atom is -0.479 e. The zero-order valence-electron chi connectivity index (χ0n) is 10.9. The van der Waals surface area contributed by atoms with Crippen LogP contribution in [0.1, 0.15) is 31.7 Å². The van der Waals surface area contributed by atoms with Crippen molar-refractivity contribution in [2.24, 2.45) is 5.41 Å². The van der Waals surface area contributed by atoms with Gasteiger partial charge in [-0.1, -0.05) is 25.5 Å². The van der Waals surface area contributed by atoms with Gasteiger partial charge in [0.05, 0.1) is 0 Å². The van der Waals surface area contributed by atoms with Crippen molar-refractivity contribution in [2.45, 2.75) is 32.7 Å². The molecule has 1 N–H and O–H groups in total. The Hall–Kier alpha value is -1.53. The summed E-state index contributed by atoms with van der Waals surface area (Å²) in [6.07, 6.45) is 4.05. The van der Waals surface area contributed by atoms with Crippen LogP contribution in [-0.4, -0.2) is 13.2 Å². The van der Waals surface area contributed by atoms with Crippen LogP contribution in [-0.2, 0) is 6.54 Å². The number of ether oxygens (including phenoxy) is 1. The Morgan fingerprint density at radius 1 is 1.44 bits per heavy atom. The first-order chi connectivity index (χ1) is 8.72. The van der Waals surface area contributed by atoms with E-state index in [0.29, 0.717) is 5.41 Å². The molecule has 0 radical (unpaired) electrons. The number of rotatable bonds is 6. The molecule has 0 heterocycles. The molecule has 0 aliphatic heterocycles. The summed E-state index contributed by atoms with van der Waals surface area (Å²) in [5, 5.41) is 12.0. The van der Waals surface area contributed by atoms with Crippen LogP contribution in [0.5, 0.6) is 5.75 Å². The van der Waals surface area contributed by atoms with Crippen molar-refractivity contribution in [3.05, 3.63) is 29.8 Å². The van der Waals surface area contributed by atoms with Gasteiger partial charge in [0.25, 0.3) is 0 Å². The van der Waals surface area contributed by atoms with Gasteiger partial charge in [-0.15, -0.1) is 0 Å². The van der Waals surface area contributed by atoms with Crippen molar-refractivity contribution >= 4 is 0 Å². The third-order valence-electron chi connectivity index (χ3n) is 3.64. The van der Waals surface area contributed by atoms with Crippen molar-refractivity contribution in [3.63, 3.8) is 0 Å². The van der Waals surface area contributed by atoms with Gasteiger partial charge in [-0.05, 0) is 36.0 Å². The number of hydrogen-bond acceptors (Lipinski definition) is 3. The first kappa shape index (κ1) is 12.9. The summed E-state index contributed by atoms with van der Waals surface area (Å²) in [5.74, 6) is 0.769. The van der Waals surface area contributed by atoms with Gasteiger partial charge >= 0.3 is 0 Å². The second kappa shape index (κ2) is 5.88. The zero-order chi connectivity index (χ0) is 12.8. The fourth-order valence-corrected chi connectivity index (χ4v) is 2.33. The van der Waals surface area contributed by atoms with Crippen molar-refractivity contribution in [1.82, 2.24) is 5.32 Å². The summed E-state index contributed by atoms with van der Waals surface area (Å²) in [4.78, 5) is 0. The molecule has 0 aromatic heterocycles. The van der Waals surface area contributed by atoms with E-state index in [9.17, 15) is 0 Å². The predicted molar refractivity (Wildman–Crippen MR) is 71.2 cm³/mol. The van der Waals surface area contributed by atoms with Crippen molar-refractivity contribution in [1.29, 1.82) is 5.26 Å². The van der Waals surface area contributed by atoms with Crippen LogP contribution in [0.4, 0.5) is 0 Å². The highest BCUT2D eigenvalue weighted by Crippen LogP contribution is 2.39. The first-order valence-corrected chi connectivity index (χ1v) is 6.51. The second-order valence-electron chi connectivity index (χ2n) is 5.36. The third-order valence-corrected chi connectivity index (χ3v) is 3.64. The highest BCUT2D eigenvalue weighted by atomic mass is 16.5. The molecule has 1 saturated carbocycles. The minimum atomic E-state index is 0.106. The van der Waals surface area contributed by atoms with Gasteiger partial charge in [-0.25, -0.2) is 0 Å². The Balaban J connectivity index is 1.80. The molecule has 0 amide bonds. The molecule has 0 spiro atoms. The van der Waals surface area contributed by atoms with Gasteiger partial charge in [-0.3, -0.25) is 0 Å². The van der Waals surface area contributed by atoms with Gasteiger partial charge in [0.2, 0.25) is 0 Å². The van der Waals surface area contributed by atoms with Crippen LogP contribution in [0, 0.1) is 16.7 Å². The summed E-state index contributed by atoms with van der Waals surface area (Å²) in [5.41, 5.74) is 1.71. The van der Waals surface area contributed by atoms with Gasteiger partial charge in [0, 0.05) is 13.1 Å². The highest BCUT2D eigenvalue weighted by molar-refractivity contribution is 5.28. The van der Waals surface area contributed by atoms with E-state index in [-0.39, 0.29) is 6.61 Å². The Kier molecular flexibility index (Phi) is 4.22. The normalized spacial score (nSPS) is 16.7. The van der Waals surface area contributed by atoms with E-state index in [2.05, 4.69) is 18.3 Å². The lowest BCUT2D eigenvalue weighted by atomic mass is 9.70.